The van der Waals surface area contributed by atoms with Crippen molar-refractivity contribution in [2.24, 2.45) is 4.40 Å². The third-order valence-corrected chi connectivity index (χ3v) is 5.43. The van der Waals surface area contributed by atoms with Gasteiger partial charge in [-0.25, -0.2) is 0 Å². The number of aryl methyl sites for hydroxylation is 1. The molecule has 0 aliphatic carbocycles. The highest BCUT2D eigenvalue weighted by Crippen LogP contribution is 2.17. The summed E-state index contributed by atoms with van der Waals surface area (Å²) in [5.41, 5.74) is 2.92. The Hall–Kier alpha value is -2.69. The normalized spacial score (nSPS) is 12.4. The molecular formula is C22H18ClNO2S. The molecule has 0 saturated heterocycles. The summed E-state index contributed by atoms with van der Waals surface area (Å²) < 4.78 is 29.6. The minimum atomic E-state index is -3.83. The Morgan fingerprint density at radius 2 is 1.63 bits per heavy atom. The minimum Gasteiger partial charge on any atom is -0.199 e. The van der Waals surface area contributed by atoms with Crippen molar-refractivity contribution in [1.82, 2.24) is 0 Å². The second-order valence-corrected chi connectivity index (χ2v) is 8.06. The van der Waals surface area contributed by atoms with Crippen LogP contribution in [0.25, 0.3) is 6.08 Å². The first kappa shape index (κ1) is 19.1. The van der Waals surface area contributed by atoms with Crippen molar-refractivity contribution >= 4 is 33.4 Å². The molecule has 0 fully saturated rings. The Morgan fingerprint density at radius 1 is 0.926 bits per heavy atom. The molecule has 0 unspecified atom stereocenters. The largest absolute Gasteiger partial charge is 0.282 e. The number of rotatable bonds is 5. The Morgan fingerprint density at radius 3 is 2.30 bits per heavy atom. The van der Waals surface area contributed by atoms with Crippen molar-refractivity contribution in [3.05, 3.63) is 107 Å². The van der Waals surface area contributed by atoms with Crippen molar-refractivity contribution < 1.29 is 8.42 Å². The molecule has 0 heterocycles. The zero-order chi connectivity index (χ0) is 19.3. The average molecular weight is 396 g/mol. The van der Waals surface area contributed by atoms with E-state index in [0.717, 1.165) is 11.1 Å². The summed E-state index contributed by atoms with van der Waals surface area (Å²) in [6, 6.07) is 23.2. The average Bonchev–Trinajstić information content (AvgIpc) is 2.66. The lowest BCUT2D eigenvalue weighted by Gasteiger charge is -2.04. The van der Waals surface area contributed by atoms with Crippen LogP contribution in [-0.2, 0) is 10.0 Å². The molecule has 0 N–H and O–H groups in total. The van der Waals surface area contributed by atoms with Crippen molar-refractivity contribution in [2.45, 2.75) is 11.8 Å². The summed E-state index contributed by atoms with van der Waals surface area (Å²) in [7, 11) is -3.83. The molecule has 0 radical (unpaired) electrons. The summed E-state index contributed by atoms with van der Waals surface area (Å²) in [6.45, 7) is 1.91. The van der Waals surface area contributed by atoms with E-state index in [-0.39, 0.29) is 4.90 Å². The minimum absolute atomic E-state index is 0.165. The zero-order valence-electron chi connectivity index (χ0n) is 14.7. The van der Waals surface area contributed by atoms with Crippen molar-refractivity contribution in [3.63, 3.8) is 0 Å². The van der Waals surface area contributed by atoms with Crippen LogP contribution in [0.4, 0.5) is 0 Å². The fourth-order valence-electron chi connectivity index (χ4n) is 2.47. The molecule has 0 bridgehead atoms. The van der Waals surface area contributed by atoms with E-state index in [0.29, 0.717) is 16.3 Å². The van der Waals surface area contributed by atoms with Gasteiger partial charge in [-0.3, -0.25) is 0 Å². The second kappa shape index (κ2) is 8.33. The molecule has 0 saturated carbocycles. The van der Waals surface area contributed by atoms with E-state index in [2.05, 4.69) is 4.40 Å². The molecule has 3 aromatic carbocycles. The number of nitrogens with zero attached hydrogens (tertiary/aromatic N) is 1. The molecule has 0 spiro atoms. The van der Waals surface area contributed by atoms with E-state index in [9.17, 15) is 8.42 Å². The van der Waals surface area contributed by atoms with Crippen LogP contribution in [0.15, 0.2) is 94.2 Å². The predicted octanol–water partition coefficient (Wildman–Crippen LogP) is 5.54. The molecule has 5 heteroatoms. The summed E-state index contributed by atoms with van der Waals surface area (Å²) in [6.07, 6.45) is 3.48. The monoisotopic (exact) mass is 395 g/mol. The van der Waals surface area contributed by atoms with E-state index in [1.54, 1.807) is 48.6 Å². The van der Waals surface area contributed by atoms with Crippen LogP contribution < -0.4 is 0 Å². The Bertz CT molecular complexity index is 1090. The van der Waals surface area contributed by atoms with Crippen molar-refractivity contribution in [1.29, 1.82) is 0 Å². The zero-order valence-corrected chi connectivity index (χ0v) is 16.3. The predicted molar refractivity (Wildman–Crippen MR) is 112 cm³/mol. The van der Waals surface area contributed by atoms with Gasteiger partial charge in [0.15, 0.2) is 0 Å². The van der Waals surface area contributed by atoms with Gasteiger partial charge in [0.05, 0.1) is 10.6 Å². The summed E-state index contributed by atoms with van der Waals surface area (Å²) in [5.74, 6) is 0. The maximum Gasteiger partial charge on any atom is 0.282 e. The quantitative estimate of drug-likeness (QED) is 0.532. The van der Waals surface area contributed by atoms with Gasteiger partial charge in [0.25, 0.3) is 10.0 Å². The van der Waals surface area contributed by atoms with Crippen LogP contribution in [-0.4, -0.2) is 14.1 Å². The first-order valence-electron chi connectivity index (χ1n) is 8.35. The van der Waals surface area contributed by atoms with Crippen LogP contribution in [0, 0.1) is 6.92 Å². The Kier molecular flexibility index (Phi) is 5.89. The summed E-state index contributed by atoms with van der Waals surface area (Å²) >= 11 is 6.02. The van der Waals surface area contributed by atoms with Crippen LogP contribution in [0.5, 0.6) is 0 Å². The molecule has 0 aliphatic rings. The van der Waals surface area contributed by atoms with Crippen LogP contribution >= 0.6 is 11.6 Å². The number of allylic oxidation sites excluding steroid dienone is 1. The van der Waals surface area contributed by atoms with E-state index in [4.69, 9.17) is 11.6 Å². The van der Waals surface area contributed by atoms with E-state index < -0.39 is 10.0 Å². The summed E-state index contributed by atoms with van der Waals surface area (Å²) in [4.78, 5) is 0.165. The lowest BCUT2D eigenvalue weighted by molar-refractivity contribution is 0.598. The number of halogens is 1. The fourth-order valence-corrected chi connectivity index (χ4v) is 3.68. The standard InChI is InChI=1S/C22H18ClNO2S/c1-17-10-13-21(14-11-17)27(25,26)24-22(19-7-3-2-4-8-19)15-12-18-6-5-9-20(23)16-18/h2-16H,1H3/b15-12+,24-22-. The molecule has 27 heavy (non-hydrogen) atoms. The van der Waals surface area contributed by atoms with Gasteiger partial charge in [0.2, 0.25) is 0 Å². The Balaban J connectivity index is 2.04. The second-order valence-electron chi connectivity index (χ2n) is 6.02. The molecule has 0 aliphatic heterocycles. The van der Waals surface area contributed by atoms with Crippen molar-refractivity contribution in [2.75, 3.05) is 0 Å². The number of hydrogen-bond acceptors (Lipinski definition) is 2. The first-order valence-corrected chi connectivity index (χ1v) is 10.2. The van der Waals surface area contributed by atoms with E-state index in [1.807, 2.05) is 49.4 Å². The molecule has 3 nitrogen and oxygen atoms in total. The van der Waals surface area contributed by atoms with Crippen LogP contribution in [0.3, 0.4) is 0 Å². The highest BCUT2D eigenvalue weighted by molar-refractivity contribution is 7.90. The first-order chi connectivity index (χ1) is 12.9. The topological polar surface area (TPSA) is 46.5 Å². The molecule has 136 valence electrons. The molecule has 0 amide bonds. The third-order valence-electron chi connectivity index (χ3n) is 3.89. The SMILES string of the molecule is Cc1ccc(S(=O)(=O)/N=C(/C=C/c2cccc(Cl)c2)c2ccccc2)cc1. The van der Waals surface area contributed by atoms with Gasteiger partial charge < -0.3 is 0 Å². The number of sulfonamides is 1. The molecule has 0 atom stereocenters. The number of hydrogen-bond donors (Lipinski definition) is 0. The van der Waals surface area contributed by atoms with Gasteiger partial charge in [-0.2, -0.15) is 12.8 Å². The van der Waals surface area contributed by atoms with Crippen molar-refractivity contribution in [3.8, 4) is 0 Å². The highest BCUT2D eigenvalue weighted by atomic mass is 35.5. The lowest BCUT2D eigenvalue weighted by Crippen LogP contribution is -2.04. The van der Waals surface area contributed by atoms with E-state index >= 15 is 0 Å². The smallest absolute Gasteiger partial charge is 0.199 e. The van der Waals surface area contributed by atoms with Gasteiger partial charge in [-0.15, -0.1) is 0 Å². The number of benzene rings is 3. The molecule has 0 aromatic heterocycles. The summed E-state index contributed by atoms with van der Waals surface area (Å²) in [5, 5.41) is 0.614. The molecule has 3 aromatic rings. The van der Waals surface area contributed by atoms with Gasteiger partial charge in [0, 0.05) is 10.6 Å². The van der Waals surface area contributed by atoms with Crippen LogP contribution in [0.2, 0.25) is 5.02 Å². The lowest BCUT2D eigenvalue weighted by atomic mass is 10.1. The van der Waals surface area contributed by atoms with Gasteiger partial charge >= 0.3 is 0 Å². The molecular weight excluding hydrogens is 378 g/mol. The van der Waals surface area contributed by atoms with Gasteiger partial charge in [0.1, 0.15) is 0 Å². The Labute approximate surface area is 164 Å². The third kappa shape index (κ3) is 5.16. The fraction of sp³-hybridized carbons (Fsp3) is 0.0455. The van der Waals surface area contributed by atoms with Gasteiger partial charge in [-0.1, -0.05) is 77.8 Å². The maximum absolute atomic E-state index is 12.8. The highest BCUT2D eigenvalue weighted by Gasteiger charge is 2.14. The maximum atomic E-state index is 12.8. The van der Waals surface area contributed by atoms with Crippen LogP contribution in [0.1, 0.15) is 16.7 Å². The molecule has 3 rings (SSSR count). The van der Waals surface area contributed by atoms with Gasteiger partial charge in [-0.05, 0) is 42.8 Å². The van der Waals surface area contributed by atoms with E-state index in [1.165, 1.54) is 0 Å².